The summed E-state index contributed by atoms with van der Waals surface area (Å²) in [6.45, 7) is 17.7. The molecule has 2 heteroatoms. The topological polar surface area (TPSA) is 40.5 Å². The van der Waals surface area contributed by atoms with Crippen LogP contribution in [0.3, 0.4) is 0 Å². The summed E-state index contributed by atoms with van der Waals surface area (Å²) in [6, 6.07) is 0. The molecule has 5 aliphatic rings. The zero-order valence-electron chi connectivity index (χ0n) is 22.1. The summed E-state index contributed by atoms with van der Waals surface area (Å²) < 4.78 is 0. The van der Waals surface area contributed by atoms with E-state index < -0.39 is 0 Å². The summed E-state index contributed by atoms with van der Waals surface area (Å²) in [5.41, 5.74) is 3.28. The molecule has 182 valence electrons. The molecule has 2 N–H and O–H groups in total. The first-order valence-electron chi connectivity index (χ1n) is 13.8. The Bertz CT molecular complexity index is 814. The van der Waals surface area contributed by atoms with Crippen molar-refractivity contribution in [2.75, 3.05) is 6.61 Å². The van der Waals surface area contributed by atoms with E-state index in [2.05, 4.69) is 54.5 Å². The average Bonchev–Trinajstić information content (AvgIpc) is 2.73. The van der Waals surface area contributed by atoms with Gasteiger partial charge in [0.2, 0.25) is 0 Å². The van der Waals surface area contributed by atoms with Crippen LogP contribution in [0.4, 0.5) is 0 Å². The second kappa shape index (κ2) is 6.87. The summed E-state index contributed by atoms with van der Waals surface area (Å²) >= 11 is 0. The van der Waals surface area contributed by atoms with E-state index in [1.165, 1.54) is 44.9 Å². The van der Waals surface area contributed by atoms with Crippen molar-refractivity contribution in [1.29, 1.82) is 0 Å². The summed E-state index contributed by atoms with van der Waals surface area (Å²) in [4.78, 5) is 0. The molecule has 4 fully saturated rings. The number of hydrogen-bond donors (Lipinski definition) is 2. The molecule has 9 atom stereocenters. The maximum Gasteiger partial charge on any atom is 0.0618 e. The maximum atomic E-state index is 10.9. The fraction of sp³-hybridized carbons (Fsp3) is 0.933. The number of hydrogen-bond acceptors (Lipinski definition) is 2. The van der Waals surface area contributed by atoms with Crippen molar-refractivity contribution in [1.82, 2.24) is 0 Å². The highest BCUT2D eigenvalue weighted by molar-refractivity contribution is 5.33. The molecule has 0 aliphatic heterocycles. The third-order valence-electron chi connectivity index (χ3n) is 13.2. The standard InChI is InChI=1S/C30H50O2/c1-25(2)14-15-26(3)16-17-29(6)20(21(26)18-25)8-9-23-27(4)12-11-24(32)28(5,19-31)22(27)10-13-30(23,29)7/h8,21-24,31-32H,9-19H2,1-7H3/t21-,22+,23-,24-,26-,27+,28+,29-,30-/m1/s1. The second-order valence-corrected chi connectivity index (χ2v) is 15.1. The van der Waals surface area contributed by atoms with Gasteiger partial charge in [0.1, 0.15) is 0 Å². The SMILES string of the molecule is CC1(C)CC[C@]2(C)CC[C@]3(C)C(=CC[C@@H]4[C@@]5(C)CC[C@@H](O)[C@@](C)(CO)[C@H]5CC[C@]43C)[C@H]2C1. The van der Waals surface area contributed by atoms with Crippen LogP contribution in [0.2, 0.25) is 0 Å². The summed E-state index contributed by atoms with van der Waals surface area (Å²) in [7, 11) is 0. The Morgan fingerprint density at radius 1 is 0.844 bits per heavy atom. The lowest BCUT2D eigenvalue weighted by Gasteiger charge is -2.71. The Kier molecular flexibility index (Phi) is 5.02. The van der Waals surface area contributed by atoms with Gasteiger partial charge in [0.05, 0.1) is 12.7 Å². The van der Waals surface area contributed by atoms with Crippen LogP contribution < -0.4 is 0 Å². The lowest BCUT2D eigenvalue weighted by atomic mass is 9.33. The normalized spacial score (nSPS) is 56.8. The van der Waals surface area contributed by atoms with E-state index in [1.54, 1.807) is 0 Å². The van der Waals surface area contributed by atoms with Crippen LogP contribution in [-0.2, 0) is 0 Å². The van der Waals surface area contributed by atoms with Crippen LogP contribution >= 0.6 is 0 Å². The fourth-order valence-corrected chi connectivity index (χ4v) is 10.5. The molecule has 0 unspecified atom stereocenters. The monoisotopic (exact) mass is 442 g/mol. The summed E-state index contributed by atoms with van der Waals surface area (Å²) in [6.07, 6.45) is 14.8. The van der Waals surface area contributed by atoms with Gasteiger partial charge >= 0.3 is 0 Å². The van der Waals surface area contributed by atoms with Crippen LogP contribution in [0.25, 0.3) is 0 Å². The number of rotatable bonds is 1. The smallest absolute Gasteiger partial charge is 0.0618 e. The molecule has 0 bridgehead atoms. The van der Waals surface area contributed by atoms with E-state index in [0.717, 1.165) is 25.2 Å². The Morgan fingerprint density at radius 3 is 2.22 bits per heavy atom. The third-order valence-corrected chi connectivity index (χ3v) is 13.2. The van der Waals surface area contributed by atoms with Gasteiger partial charge in [-0.15, -0.1) is 0 Å². The van der Waals surface area contributed by atoms with Gasteiger partial charge in [-0.25, -0.2) is 0 Å². The highest BCUT2D eigenvalue weighted by Gasteiger charge is 2.68. The maximum absolute atomic E-state index is 10.9. The minimum atomic E-state index is -0.361. The van der Waals surface area contributed by atoms with Crippen molar-refractivity contribution in [3.05, 3.63) is 11.6 Å². The lowest BCUT2D eigenvalue weighted by molar-refractivity contribution is -0.215. The van der Waals surface area contributed by atoms with E-state index in [-0.39, 0.29) is 23.5 Å². The first kappa shape index (κ1) is 23.4. The molecule has 5 aliphatic carbocycles. The molecule has 0 amide bonds. The highest BCUT2D eigenvalue weighted by Crippen LogP contribution is 2.75. The van der Waals surface area contributed by atoms with Crippen molar-refractivity contribution in [2.45, 2.75) is 119 Å². The van der Waals surface area contributed by atoms with Crippen molar-refractivity contribution in [3.63, 3.8) is 0 Å². The first-order chi connectivity index (χ1) is 14.8. The van der Waals surface area contributed by atoms with Crippen molar-refractivity contribution in [2.24, 2.45) is 50.2 Å². The predicted molar refractivity (Wildman–Crippen MR) is 132 cm³/mol. The van der Waals surface area contributed by atoms with Gasteiger partial charge in [0.15, 0.2) is 0 Å². The zero-order chi connectivity index (χ0) is 23.4. The predicted octanol–water partition coefficient (Wildman–Crippen LogP) is 7.14. The Labute approximate surface area is 197 Å². The number of allylic oxidation sites excluding steroid dienone is 2. The number of fused-ring (bicyclic) bond motifs is 7. The van der Waals surface area contributed by atoms with Gasteiger partial charge < -0.3 is 10.2 Å². The van der Waals surface area contributed by atoms with Crippen LogP contribution in [0.5, 0.6) is 0 Å². The van der Waals surface area contributed by atoms with E-state index in [9.17, 15) is 10.2 Å². The van der Waals surface area contributed by atoms with Crippen LogP contribution in [0.1, 0.15) is 113 Å². The summed E-state index contributed by atoms with van der Waals surface area (Å²) in [5.74, 6) is 1.83. The fourth-order valence-electron chi connectivity index (χ4n) is 10.5. The minimum Gasteiger partial charge on any atom is -0.396 e. The van der Waals surface area contributed by atoms with E-state index in [4.69, 9.17) is 0 Å². The summed E-state index contributed by atoms with van der Waals surface area (Å²) in [5, 5.41) is 21.3. The molecule has 0 spiro atoms. The van der Waals surface area contributed by atoms with Gasteiger partial charge in [-0.2, -0.15) is 0 Å². The van der Waals surface area contributed by atoms with Crippen molar-refractivity contribution >= 4 is 0 Å². The lowest BCUT2D eigenvalue weighted by Crippen LogP contribution is -2.65. The molecule has 5 rings (SSSR count). The quantitative estimate of drug-likeness (QED) is 0.424. The van der Waals surface area contributed by atoms with Gasteiger partial charge in [0, 0.05) is 5.41 Å². The van der Waals surface area contributed by atoms with Crippen LogP contribution in [0.15, 0.2) is 11.6 Å². The van der Waals surface area contributed by atoms with Gasteiger partial charge in [-0.3, -0.25) is 0 Å². The molecule has 0 aromatic rings. The van der Waals surface area contributed by atoms with E-state index in [0.29, 0.717) is 33.5 Å². The van der Waals surface area contributed by atoms with Gasteiger partial charge in [-0.05, 0) is 109 Å². The largest absolute Gasteiger partial charge is 0.396 e. The molecule has 0 heterocycles. The first-order valence-corrected chi connectivity index (χ1v) is 13.8. The number of aliphatic hydroxyl groups excluding tert-OH is 2. The van der Waals surface area contributed by atoms with E-state index >= 15 is 0 Å². The van der Waals surface area contributed by atoms with E-state index in [1.807, 2.05) is 5.57 Å². The van der Waals surface area contributed by atoms with Crippen LogP contribution in [-0.4, -0.2) is 22.9 Å². The third kappa shape index (κ3) is 2.78. The van der Waals surface area contributed by atoms with Gasteiger partial charge in [-0.1, -0.05) is 60.1 Å². The second-order valence-electron chi connectivity index (χ2n) is 15.1. The molecule has 32 heavy (non-hydrogen) atoms. The Morgan fingerprint density at radius 2 is 1.53 bits per heavy atom. The Balaban J connectivity index is 1.57. The molecule has 0 aromatic heterocycles. The molecular formula is C30H50O2. The molecular weight excluding hydrogens is 392 g/mol. The zero-order valence-corrected chi connectivity index (χ0v) is 22.1. The minimum absolute atomic E-state index is 0.117. The molecule has 2 nitrogen and oxygen atoms in total. The van der Waals surface area contributed by atoms with Gasteiger partial charge in [0.25, 0.3) is 0 Å². The van der Waals surface area contributed by atoms with Crippen molar-refractivity contribution in [3.8, 4) is 0 Å². The molecule has 0 aromatic carbocycles. The molecule has 0 radical (unpaired) electrons. The molecule has 0 saturated heterocycles. The molecule has 4 saturated carbocycles. The van der Waals surface area contributed by atoms with Crippen LogP contribution in [0, 0.1) is 50.2 Å². The average molecular weight is 443 g/mol. The highest BCUT2D eigenvalue weighted by atomic mass is 16.3. The van der Waals surface area contributed by atoms with Crippen molar-refractivity contribution < 1.29 is 10.2 Å². The number of aliphatic hydroxyl groups is 2. The Hall–Kier alpha value is -0.340.